The third kappa shape index (κ3) is 2.14. The Morgan fingerprint density at radius 2 is 1.21 bits per heavy atom. The predicted molar refractivity (Wildman–Crippen MR) is 92.5 cm³/mol. The van der Waals surface area contributed by atoms with Crippen molar-refractivity contribution in [3.63, 3.8) is 0 Å². The normalized spacial score (nSPS) is 20.0. The number of phenolic OH excluding ortho intramolecular Hbond substituents is 2. The molecule has 4 nitrogen and oxygen atoms in total. The average molecular weight is 322 g/mol. The maximum atomic E-state index is 12.9. The van der Waals surface area contributed by atoms with Crippen molar-refractivity contribution in [1.82, 2.24) is 0 Å². The largest absolute Gasteiger partial charge is 0.507 e. The van der Waals surface area contributed by atoms with Crippen LogP contribution in [0.3, 0.4) is 0 Å². The van der Waals surface area contributed by atoms with Crippen LogP contribution < -0.4 is 0 Å². The van der Waals surface area contributed by atoms with Crippen molar-refractivity contribution in [3.8, 4) is 11.5 Å². The van der Waals surface area contributed by atoms with Crippen molar-refractivity contribution in [1.29, 1.82) is 0 Å². The smallest absolute Gasteiger partial charge is 0.171 e. The third-order valence-electron chi connectivity index (χ3n) is 4.65. The number of hydrogen-bond acceptors (Lipinski definition) is 4. The van der Waals surface area contributed by atoms with E-state index < -0.39 is 11.8 Å². The average Bonchev–Trinajstić information content (AvgIpc) is 2.59. The number of aromatic hydroxyl groups is 2. The first kappa shape index (κ1) is 16.0. The molecule has 2 atom stereocenters. The molecule has 0 aromatic heterocycles. The van der Waals surface area contributed by atoms with Gasteiger partial charge in [-0.25, -0.2) is 0 Å². The molecule has 0 aliphatic heterocycles. The number of rotatable bonds is 4. The van der Waals surface area contributed by atoms with Crippen LogP contribution in [0.15, 0.2) is 49.6 Å². The van der Waals surface area contributed by atoms with Crippen LogP contribution >= 0.6 is 0 Å². The van der Waals surface area contributed by atoms with E-state index in [0.717, 1.165) is 0 Å². The van der Waals surface area contributed by atoms with Gasteiger partial charge in [0.15, 0.2) is 11.6 Å². The Balaban J connectivity index is 2.36. The summed E-state index contributed by atoms with van der Waals surface area (Å²) in [7, 11) is 0. The van der Waals surface area contributed by atoms with E-state index in [1.165, 1.54) is 0 Å². The second-order valence-corrected chi connectivity index (χ2v) is 5.98. The number of hydrogen-bond donors (Lipinski definition) is 2. The zero-order chi connectivity index (χ0) is 17.4. The SMILES string of the molecule is C=CCC1C(=O)c2c(c(O)c3ccccc3c2O)C(=O)C1CC=C. The van der Waals surface area contributed by atoms with Gasteiger partial charge in [0, 0.05) is 22.6 Å². The lowest BCUT2D eigenvalue weighted by atomic mass is 9.70. The first-order chi connectivity index (χ1) is 11.5. The van der Waals surface area contributed by atoms with Crippen LogP contribution in [-0.4, -0.2) is 21.8 Å². The van der Waals surface area contributed by atoms with Gasteiger partial charge in [-0.1, -0.05) is 36.4 Å². The number of benzene rings is 2. The number of carbonyl (C=O) groups is 2. The number of allylic oxidation sites excluding steroid dienone is 2. The van der Waals surface area contributed by atoms with Crippen LogP contribution in [0.4, 0.5) is 0 Å². The molecule has 1 aliphatic rings. The maximum absolute atomic E-state index is 12.9. The first-order valence-electron chi connectivity index (χ1n) is 7.79. The molecule has 3 rings (SSSR count). The van der Waals surface area contributed by atoms with E-state index in [9.17, 15) is 19.8 Å². The van der Waals surface area contributed by atoms with E-state index >= 15 is 0 Å². The fourth-order valence-electron chi connectivity index (χ4n) is 3.52. The molecule has 2 aromatic carbocycles. The number of fused-ring (bicyclic) bond motifs is 2. The molecule has 0 saturated carbocycles. The quantitative estimate of drug-likeness (QED) is 0.658. The zero-order valence-corrected chi connectivity index (χ0v) is 13.2. The van der Waals surface area contributed by atoms with Crippen LogP contribution in [0.1, 0.15) is 33.6 Å². The summed E-state index contributed by atoms with van der Waals surface area (Å²) in [6.07, 6.45) is 3.84. The van der Waals surface area contributed by atoms with Crippen molar-refractivity contribution in [2.75, 3.05) is 0 Å². The molecule has 0 fully saturated rings. The standard InChI is InChI=1S/C20H18O4/c1-3-7-11-12(8-4-2)18(22)16-15(17(11)21)19(23)13-9-5-6-10-14(13)20(16)24/h3-6,9-12,23-24H,1-2,7-8H2. The Bertz CT molecular complexity index is 806. The molecule has 0 bridgehead atoms. The number of ketones is 2. The van der Waals surface area contributed by atoms with Gasteiger partial charge in [-0.15, -0.1) is 13.2 Å². The lowest BCUT2D eigenvalue weighted by Gasteiger charge is -2.31. The summed E-state index contributed by atoms with van der Waals surface area (Å²) in [5.41, 5.74) is -0.160. The zero-order valence-electron chi connectivity index (χ0n) is 13.2. The van der Waals surface area contributed by atoms with Gasteiger partial charge in [0.1, 0.15) is 11.5 Å². The van der Waals surface area contributed by atoms with Gasteiger partial charge in [-0.2, -0.15) is 0 Å². The summed E-state index contributed by atoms with van der Waals surface area (Å²) >= 11 is 0. The third-order valence-corrected chi connectivity index (χ3v) is 4.65. The monoisotopic (exact) mass is 322 g/mol. The van der Waals surface area contributed by atoms with Gasteiger partial charge in [-0.05, 0) is 12.8 Å². The van der Waals surface area contributed by atoms with Gasteiger partial charge < -0.3 is 10.2 Å². The van der Waals surface area contributed by atoms with Crippen molar-refractivity contribution < 1.29 is 19.8 Å². The fourth-order valence-corrected chi connectivity index (χ4v) is 3.52. The molecule has 2 N–H and O–H groups in total. The Hall–Kier alpha value is -2.88. The van der Waals surface area contributed by atoms with Crippen molar-refractivity contribution in [2.45, 2.75) is 12.8 Å². The maximum Gasteiger partial charge on any atom is 0.171 e. The number of Topliss-reactive ketones (excluding diaryl/α,β-unsaturated/α-hetero) is 2. The summed E-state index contributed by atoms with van der Waals surface area (Å²) in [5, 5.41) is 21.9. The van der Waals surface area contributed by atoms with Gasteiger partial charge in [0.25, 0.3) is 0 Å². The van der Waals surface area contributed by atoms with Gasteiger partial charge in [0.05, 0.1) is 11.1 Å². The van der Waals surface area contributed by atoms with Crippen LogP contribution in [-0.2, 0) is 0 Å². The van der Waals surface area contributed by atoms with Crippen molar-refractivity contribution >= 4 is 22.3 Å². The molecule has 0 amide bonds. The molecule has 0 heterocycles. The highest BCUT2D eigenvalue weighted by atomic mass is 16.3. The molecule has 0 saturated heterocycles. The van der Waals surface area contributed by atoms with Crippen LogP contribution in [0.25, 0.3) is 10.8 Å². The summed E-state index contributed by atoms with van der Waals surface area (Å²) < 4.78 is 0. The molecule has 4 heteroatoms. The minimum absolute atomic E-state index is 0.0802. The van der Waals surface area contributed by atoms with E-state index in [1.807, 2.05) is 0 Å². The molecule has 1 aliphatic carbocycles. The van der Waals surface area contributed by atoms with E-state index in [4.69, 9.17) is 0 Å². The minimum Gasteiger partial charge on any atom is -0.507 e. The van der Waals surface area contributed by atoms with E-state index in [2.05, 4.69) is 13.2 Å². The Kier molecular flexibility index (Phi) is 3.97. The molecular weight excluding hydrogens is 304 g/mol. The molecule has 0 spiro atoms. The van der Waals surface area contributed by atoms with Crippen molar-refractivity contribution in [2.24, 2.45) is 11.8 Å². The van der Waals surface area contributed by atoms with Crippen LogP contribution in [0, 0.1) is 11.8 Å². The Morgan fingerprint density at radius 1 is 0.833 bits per heavy atom. The molecular formula is C20H18O4. The number of phenols is 2. The molecule has 2 aromatic rings. The van der Waals surface area contributed by atoms with E-state index in [-0.39, 0.29) is 34.2 Å². The van der Waals surface area contributed by atoms with Gasteiger partial charge in [-0.3, -0.25) is 9.59 Å². The Morgan fingerprint density at radius 3 is 1.54 bits per heavy atom. The van der Waals surface area contributed by atoms with Gasteiger partial charge >= 0.3 is 0 Å². The lowest BCUT2D eigenvalue weighted by Crippen LogP contribution is -2.36. The summed E-state index contributed by atoms with van der Waals surface area (Å²) in [6.45, 7) is 7.31. The van der Waals surface area contributed by atoms with Crippen LogP contribution in [0.5, 0.6) is 11.5 Å². The second-order valence-electron chi connectivity index (χ2n) is 5.98. The molecule has 24 heavy (non-hydrogen) atoms. The highest BCUT2D eigenvalue weighted by Gasteiger charge is 2.43. The molecule has 0 radical (unpaired) electrons. The van der Waals surface area contributed by atoms with E-state index in [1.54, 1.807) is 36.4 Å². The van der Waals surface area contributed by atoms with Crippen LogP contribution in [0.2, 0.25) is 0 Å². The van der Waals surface area contributed by atoms with Gasteiger partial charge in [0.2, 0.25) is 0 Å². The molecule has 2 unspecified atom stereocenters. The first-order valence-corrected chi connectivity index (χ1v) is 7.79. The topological polar surface area (TPSA) is 74.6 Å². The summed E-state index contributed by atoms with van der Waals surface area (Å²) in [6, 6.07) is 6.62. The summed E-state index contributed by atoms with van der Waals surface area (Å²) in [4.78, 5) is 25.9. The Labute approximate surface area is 139 Å². The number of carbonyl (C=O) groups excluding carboxylic acids is 2. The van der Waals surface area contributed by atoms with Crippen molar-refractivity contribution in [3.05, 3.63) is 60.7 Å². The molecule has 122 valence electrons. The van der Waals surface area contributed by atoms with E-state index in [0.29, 0.717) is 23.6 Å². The highest BCUT2D eigenvalue weighted by Crippen LogP contribution is 2.46. The highest BCUT2D eigenvalue weighted by molar-refractivity contribution is 6.22. The predicted octanol–water partition coefficient (Wildman–Crippen LogP) is 4.01. The lowest BCUT2D eigenvalue weighted by molar-refractivity contribution is 0.0731. The second kappa shape index (κ2) is 5.96. The minimum atomic E-state index is -0.605. The fraction of sp³-hybridized carbons (Fsp3) is 0.200. The summed E-state index contributed by atoms with van der Waals surface area (Å²) in [5.74, 6) is -2.38.